The van der Waals surface area contributed by atoms with Crippen LogP contribution < -0.4 is 0 Å². The third kappa shape index (κ3) is 2.24. The van der Waals surface area contributed by atoms with E-state index in [2.05, 4.69) is 22.0 Å². The van der Waals surface area contributed by atoms with Gasteiger partial charge in [-0.2, -0.15) is 5.26 Å². The average Bonchev–Trinajstić information content (AvgIpc) is 2.38. The van der Waals surface area contributed by atoms with Gasteiger partial charge in [0.1, 0.15) is 0 Å². The summed E-state index contributed by atoms with van der Waals surface area (Å²) >= 11 is 3.27. The number of nitro benzene ring substituents is 1. The minimum atomic E-state index is -0.498. The Labute approximate surface area is 112 Å². The lowest BCUT2D eigenvalue weighted by Gasteiger charge is -2.06. The first-order chi connectivity index (χ1) is 8.63. The molecule has 0 bridgehead atoms. The number of halogens is 1. The van der Waals surface area contributed by atoms with Crippen molar-refractivity contribution in [2.75, 3.05) is 0 Å². The summed E-state index contributed by atoms with van der Waals surface area (Å²) in [5.41, 5.74) is 1.18. The molecule has 0 atom stereocenters. The van der Waals surface area contributed by atoms with Gasteiger partial charge in [0.05, 0.1) is 22.1 Å². The zero-order chi connectivity index (χ0) is 13.1. The summed E-state index contributed by atoms with van der Waals surface area (Å²) in [6, 6.07) is 14.6. The summed E-state index contributed by atoms with van der Waals surface area (Å²) in [5, 5.41) is 19.9. The topological polar surface area (TPSA) is 66.9 Å². The van der Waals surface area contributed by atoms with Crippen LogP contribution in [0.5, 0.6) is 0 Å². The summed E-state index contributed by atoms with van der Waals surface area (Å²) < 4.78 is 0.510. The molecule has 0 heterocycles. The fraction of sp³-hybridized carbons (Fsp3) is 0. The fourth-order valence-electron chi connectivity index (χ4n) is 1.62. The number of nitriles is 1. The molecular weight excluding hydrogens is 296 g/mol. The number of hydrogen-bond donors (Lipinski definition) is 0. The highest BCUT2D eigenvalue weighted by Gasteiger charge is 2.20. The Morgan fingerprint density at radius 3 is 2.72 bits per heavy atom. The molecule has 0 aliphatic rings. The Balaban J connectivity index is 2.75. The van der Waals surface area contributed by atoms with Gasteiger partial charge in [-0.15, -0.1) is 0 Å². The first kappa shape index (κ1) is 12.3. The van der Waals surface area contributed by atoms with E-state index >= 15 is 0 Å². The summed E-state index contributed by atoms with van der Waals surface area (Å²) in [7, 11) is 0. The Morgan fingerprint density at radius 2 is 2.17 bits per heavy atom. The molecule has 0 aliphatic heterocycles. The second-order valence-corrected chi connectivity index (χ2v) is 4.35. The third-order valence-electron chi connectivity index (χ3n) is 2.37. The van der Waals surface area contributed by atoms with Crippen LogP contribution in [0.15, 0.2) is 40.9 Å². The van der Waals surface area contributed by atoms with Crippen molar-refractivity contribution < 1.29 is 4.92 Å². The van der Waals surface area contributed by atoms with E-state index in [-0.39, 0.29) is 11.3 Å². The van der Waals surface area contributed by atoms with E-state index in [1.807, 2.05) is 6.07 Å². The van der Waals surface area contributed by atoms with Gasteiger partial charge in [0.25, 0.3) is 5.69 Å². The predicted octanol–water partition coefficient (Wildman–Crippen LogP) is 3.70. The van der Waals surface area contributed by atoms with E-state index in [4.69, 9.17) is 5.26 Å². The van der Waals surface area contributed by atoms with E-state index in [0.717, 1.165) is 0 Å². The Morgan fingerprint density at radius 1 is 1.39 bits per heavy atom. The van der Waals surface area contributed by atoms with Crippen molar-refractivity contribution in [3.63, 3.8) is 0 Å². The second-order valence-electron chi connectivity index (χ2n) is 3.50. The van der Waals surface area contributed by atoms with Crippen LogP contribution >= 0.6 is 15.9 Å². The Bertz CT molecular complexity index is 648. The quantitative estimate of drug-likeness (QED) is 0.627. The van der Waals surface area contributed by atoms with Gasteiger partial charge in [0, 0.05) is 10.5 Å². The molecule has 2 aromatic rings. The minimum absolute atomic E-state index is 0.108. The summed E-state index contributed by atoms with van der Waals surface area (Å²) in [5.74, 6) is 0. The number of rotatable bonds is 2. The lowest BCUT2D eigenvalue weighted by atomic mass is 10.0. The van der Waals surface area contributed by atoms with Crippen molar-refractivity contribution in [1.82, 2.24) is 0 Å². The van der Waals surface area contributed by atoms with Crippen LogP contribution in [-0.4, -0.2) is 4.92 Å². The zero-order valence-electron chi connectivity index (χ0n) is 9.05. The molecule has 0 unspecified atom stereocenters. The third-order valence-corrected chi connectivity index (χ3v) is 3.00. The van der Waals surface area contributed by atoms with Gasteiger partial charge in [-0.05, 0) is 33.6 Å². The van der Waals surface area contributed by atoms with E-state index < -0.39 is 4.92 Å². The lowest BCUT2D eigenvalue weighted by molar-refractivity contribution is -0.384. The Kier molecular flexibility index (Phi) is 3.40. The molecule has 2 rings (SSSR count). The van der Waals surface area contributed by atoms with Gasteiger partial charge in [-0.25, -0.2) is 0 Å². The molecule has 0 aromatic heterocycles. The molecule has 0 aliphatic carbocycles. The maximum atomic E-state index is 11.1. The van der Waals surface area contributed by atoms with Crippen molar-refractivity contribution >= 4 is 21.6 Å². The largest absolute Gasteiger partial charge is 0.279 e. The van der Waals surface area contributed by atoms with Crippen LogP contribution in [0.3, 0.4) is 0 Å². The van der Waals surface area contributed by atoms with Crippen LogP contribution in [0, 0.1) is 27.5 Å². The van der Waals surface area contributed by atoms with Gasteiger partial charge in [-0.3, -0.25) is 10.1 Å². The number of benzene rings is 2. The smallest absolute Gasteiger partial charge is 0.258 e. The summed E-state index contributed by atoms with van der Waals surface area (Å²) in [6.07, 6.45) is 0. The van der Waals surface area contributed by atoms with E-state index in [1.54, 1.807) is 30.3 Å². The normalized spacial score (nSPS) is 9.78. The minimum Gasteiger partial charge on any atom is -0.258 e. The Hall–Kier alpha value is -2.19. The molecular formula is C13H6BrN2O2. The highest BCUT2D eigenvalue weighted by atomic mass is 79.9. The standard InChI is InChI=1S/C13H6BrN2O2/c14-11-6-9(8-15)7-12(16(17)18)13(11)10-4-2-1-3-5-10/h1-4,6-7H. The van der Waals surface area contributed by atoms with Crippen molar-refractivity contribution in [2.24, 2.45) is 0 Å². The molecule has 18 heavy (non-hydrogen) atoms. The van der Waals surface area contributed by atoms with Crippen LogP contribution in [0.4, 0.5) is 5.69 Å². The number of nitro groups is 1. The first-order valence-corrected chi connectivity index (χ1v) is 5.78. The SMILES string of the molecule is N#Cc1cc(Br)c(-c2[c]cccc2)c([N+](=O)[O-])c1. The zero-order valence-corrected chi connectivity index (χ0v) is 10.6. The van der Waals surface area contributed by atoms with E-state index in [9.17, 15) is 10.1 Å². The van der Waals surface area contributed by atoms with E-state index in [0.29, 0.717) is 15.6 Å². The van der Waals surface area contributed by atoms with Gasteiger partial charge >= 0.3 is 0 Å². The predicted molar refractivity (Wildman–Crippen MR) is 69.8 cm³/mol. The molecule has 0 spiro atoms. The number of nitrogens with zero attached hydrogens (tertiary/aromatic N) is 2. The van der Waals surface area contributed by atoms with Gasteiger partial charge in [-0.1, -0.05) is 24.3 Å². The highest BCUT2D eigenvalue weighted by molar-refractivity contribution is 9.10. The van der Waals surface area contributed by atoms with Crippen molar-refractivity contribution in [3.8, 4) is 17.2 Å². The summed E-state index contributed by atoms with van der Waals surface area (Å²) in [4.78, 5) is 10.6. The molecule has 0 saturated heterocycles. The molecule has 0 amide bonds. The van der Waals surface area contributed by atoms with Gasteiger partial charge < -0.3 is 0 Å². The second kappa shape index (κ2) is 4.98. The molecule has 4 nitrogen and oxygen atoms in total. The van der Waals surface area contributed by atoms with Crippen LogP contribution in [0.2, 0.25) is 0 Å². The summed E-state index contributed by atoms with van der Waals surface area (Å²) in [6.45, 7) is 0. The monoisotopic (exact) mass is 301 g/mol. The molecule has 87 valence electrons. The van der Waals surface area contributed by atoms with Crippen LogP contribution in [0.25, 0.3) is 11.1 Å². The van der Waals surface area contributed by atoms with Crippen molar-refractivity contribution in [2.45, 2.75) is 0 Å². The lowest BCUT2D eigenvalue weighted by Crippen LogP contribution is -1.94. The molecule has 2 aromatic carbocycles. The van der Waals surface area contributed by atoms with Crippen molar-refractivity contribution in [3.05, 3.63) is 62.6 Å². The fourth-order valence-corrected chi connectivity index (χ4v) is 2.28. The maximum absolute atomic E-state index is 11.1. The van der Waals surface area contributed by atoms with E-state index in [1.165, 1.54) is 6.07 Å². The molecule has 0 N–H and O–H groups in total. The molecule has 0 saturated carbocycles. The molecule has 1 radical (unpaired) electrons. The van der Waals surface area contributed by atoms with Gasteiger partial charge in [0.2, 0.25) is 0 Å². The maximum Gasteiger partial charge on any atom is 0.279 e. The molecule has 0 fully saturated rings. The number of hydrogen-bond acceptors (Lipinski definition) is 3. The first-order valence-electron chi connectivity index (χ1n) is 4.98. The van der Waals surface area contributed by atoms with Gasteiger partial charge in [0.15, 0.2) is 0 Å². The van der Waals surface area contributed by atoms with Crippen LogP contribution in [-0.2, 0) is 0 Å². The highest BCUT2D eigenvalue weighted by Crippen LogP contribution is 2.37. The van der Waals surface area contributed by atoms with Crippen molar-refractivity contribution in [1.29, 1.82) is 5.26 Å². The average molecular weight is 302 g/mol. The van der Waals surface area contributed by atoms with Crippen LogP contribution in [0.1, 0.15) is 5.56 Å². The molecule has 5 heteroatoms.